The summed E-state index contributed by atoms with van der Waals surface area (Å²) in [5.41, 5.74) is 0.898. The van der Waals surface area contributed by atoms with Gasteiger partial charge in [0.15, 0.2) is 0 Å². The first-order valence-electron chi connectivity index (χ1n) is 6.06. The molecule has 0 unspecified atom stereocenters. The Kier molecular flexibility index (Phi) is 6.01. The normalized spacial score (nSPS) is 15.5. The van der Waals surface area contributed by atoms with E-state index >= 15 is 0 Å². The van der Waals surface area contributed by atoms with E-state index in [-0.39, 0.29) is 11.1 Å². The Bertz CT molecular complexity index is 363. The molecule has 4 heteroatoms. The van der Waals surface area contributed by atoms with Gasteiger partial charge in [0, 0.05) is 0 Å². The maximum atomic E-state index is 11.1. The molecule has 1 aromatic rings. The Morgan fingerprint density at radius 1 is 1.22 bits per heavy atom. The third-order valence-electron chi connectivity index (χ3n) is 2.66. The molecule has 0 fully saturated rings. The summed E-state index contributed by atoms with van der Waals surface area (Å²) in [6.45, 7) is 3.95. The third kappa shape index (κ3) is 4.98. The van der Waals surface area contributed by atoms with Crippen LogP contribution in [0.2, 0.25) is 0 Å². The molecule has 0 saturated carbocycles. The minimum absolute atomic E-state index is 0.164. The number of benzene rings is 1. The lowest BCUT2D eigenvalue weighted by molar-refractivity contribution is -0.105. The SMILES string of the molecule is CC(C)C=C[C@@H](O)[C@@H](Cc1ccccc1)N([O-])O. The summed E-state index contributed by atoms with van der Waals surface area (Å²) in [7, 11) is 0. The number of rotatable bonds is 6. The summed E-state index contributed by atoms with van der Waals surface area (Å²) in [5, 5.41) is 29.9. The fourth-order valence-electron chi connectivity index (χ4n) is 1.65. The van der Waals surface area contributed by atoms with Gasteiger partial charge in [-0.3, -0.25) is 5.23 Å². The van der Waals surface area contributed by atoms with E-state index in [9.17, 15) is 10.3 Å². The zero-order valence-corrected chi connectivity index (χ0v) is 10.7. The van der Waals surface area contributed by atoms with Crippen molar-refractivity contribution in [3.63, 3.8) is 0 Å². The van der Waals surface area contributed by atoms with Crippen LogP contribution in [0.4, 0.5) is 0 Å². The second kappa shape index (κ2) is 7.28. The molecule has 0 heterocycles. The number of aliphatic hydroxyl groups is 1. The molecule has 0 amide bonds. The van der Waals surface area contributed by atoms with Crippen LogP contribution < -0.4 is 0 Å². The molecule has 2 atom stereocenters. The van der Waals surface area contributed by atoms with Gasteiger partial charge in [0.2, 0.25) is 0 Å². The average molecular weight is 250 g/mol. The number of hydrogen-bond donors (Lipinski definition) is 2. The first-order chi connectivity index (χ1) is 8.50. The van der Waals surface area contributed by atoms with Crippen molar-refractivity contribution in [3.05, 3.63) is 53.3 Å². The quantitative estimate of drug-likeness (QED) is 0.601. The molecule has 0 spiro atoms. The molecular weight excluding hydrogens is 230 g/mol. The van der Waals surface area contributed by atoms with Crippen molar-refractivity contribution in [1.29, 1.82) is 0 Å². The van der Waals surface area contributed by atoms with Crippen LogP contribution >= 0.6 is 0 Å². The summed E-state index contributed by atoms with van der Waals surface area (Å²) in [6, 6.07) is 8.42. The smallest absolute Gasteiger partial charge is 0.0891 e. The Hall–Kier alpha value is -1.20. The molecule has 0 radical (unpaired) electrons. The number of hydroxylamine groups is 2. The van der Waals surface area contributed by atoms with Crippen molar-refractivity contribution in [3.8, 4) is 0 Å². The van der Waals surface area contributed by atoms with E-state index < -0.39 is 12.1 Å². The highest BCUT2D eigenvalue weighted by Gasteiger charge is 2.18. The zero-order valence-electron chi connectivity index (χ0n) is 10.7. The lowest BCUT2D eigenvalue weighted by Gasteiger charge is -2.33. The van der Waals surface area contributed by atoms with Crippen molar-refractivity contribution < 1.29 is 10.3 Å². The first kappa shape index (κ1) is 14.9. The van der Waals surface area contributed by atoms with Crippen LogP contribution in [0.25, 0.3) is 0 Å². The number of allylic oxidation sites excluding steroid dienone is 1. The standard InChI is InChI=1S/C14H20NO3/c1-11(2)8-9-14(16)13(15(17)18)10-12-6-4-3-5-7-12/h3-9,11,13-14,16-17H,10H2,1-2H3/q-1/t13-,14-/m1/s1. The molecule has 18 heavy (non-hydrogen) atoms. The number of aliphatic hydroxyl groups excluding tert-OH is 1. The van der Waals surface area contributed by atoms with E-state index in [1.54, 1.807) is 6.08 Å². The van der Waals surface area contributed by atoms with E-state index in [1.807, 2.05) is 50.3 Å². The first-order valence-corrected chi connectivity index (χ1v) is 6.06. The van der Waals surface area contributed by atoms with Crippen LogP contribution in [0, 0.1) is 11.1 Å². The van der Waals surface area contributed by atoms with Crippen molar-refractivity contribution in [2.24, 2.45) is 5.92 Å². The molecule has 1 aromatic carbocycles. The van der Waals surface area contributed by atoms with Gasteiger partial charge in [-0.15, -0.1) is 0 Å². The largest absolute Gasteiger partial charge is 0.762 e. The number of nitrogens with zero attached hydrogens (tertiary/aromatic N) is 1. The molecule has 0 aliphatic rings. The Labute approximate surface area is 108 Å². The Morgan fingerprint density at radius 2 is 1.83 bits per heavy atom. The third-order valence-corrected chi connectivity index (χ3v) is 2.66. The van der Waals surface area contributed by atoms with E-state index in [2.05, 4.69) is 0 Å². The molecule has 0 aliphatic carbocycles. The minimum Gasteiger partial charge on any atom is -0.762 e. The average Bonchev–Trinajstić information content (AvgIpc) is 2.34. The zero-order chi connectivity index (χ0) is 13.5. The molecular formula is C14H20NO3-. The van der Waals surface area contributed by atoms with Gasteiger partial charge >= 0.3 is 0 Å². The van der Waals surface area contributed by atoms with Gasteiger partial charge in [-0.2, -0.15) is 0 Å². The summed E-state index contributed by atoms with van der Waals surface area (Å²) in [5.74, 6) is 0.288. The van der Waals surface area contributed by atoms with E-state index in [0.717, 1.165) is 5.56 Å². The predicted molar refractivity (Wildman–Crippen MR) is 70.9 cm³/mol. The topological polar surface area (TPSA) is 66.8 Å². The minimum atomic E-state index is -0.991. The lowest BCUT2D eigenvalue weighted by Crippen LogP contribution is -2.39. The van der Waals surface area contributed by atoms with Gasteiger partial charge in [-0.05, 0) is 17.9 Å². The van der Waals surface area contributed by atoms with E-state index in [1.165, 1.54) is 0 Å². The molecule has 4 nitrogen and oxygen atoms in total. The van der Waals surface area contributed by atoms with E-state index in [4.69, 9.17) is 5.21 Å². The summed E-state index contributed by atoms with van der Waals surface area (Å²) in [4.78, 5) is 0. The van der Waals surface area contributed by atoms with Crippen LogP contribution in [-0.2, 0) is 6.42 Å². The van der Waals surface area contributed by atoms with Gasteiger partial charge in [0.05, 0.1) is 12.1 Å². The molecule has 0 bridgehead atoms. The van der Waals surface area contributed by atoms with Crippen LogP contribution in [0.3, 0.4) is 0 Å². The molecule has 0 aliphatic heterocycles. The summed E-state index contributed by atoms with van der Waals surface area (Å²) in [6.07, 6.45) is 2.67. The predicted octanol–water partition coefficient (Wildman–Crippen LogP) is 2.36. The second-order valence-corrected chi connectivity index (χ2v) is 4.68. The van der Waals surface area contributed by atoms with Crippen LogP contribution in [0.1, 0.15) is 19.4 Å². The van der Waals surface area contributed by atoms with Crippen LogP contribution in [0.5, 0.6) is 0 Å². The highest BCUT2D eigenvalue weighted by atomic mass is 16.8. The van der Waals surface area contributed by atoms with Gasteiger partial charge in [0.1, 0.15) is 0 Å². The van der Waals surface area contributed by atoms with Crippen molar-refractivity contribution in [2.45, 2.75) is 32.4 Å². The Morgan fingerprint density at radius 3 is 2.33 bits per heavy atom. The maximum Gasteiger partial charge on any atom is 0.0891 e. The highest BCUT2D eigenvalue weighted by Crippen LogP contribution is 2.12. The molecule has 100 valence electrons. The monoisotopic (exact) mass is 250 g/mol. The second-order valence-electron chi connectivity index (χ2n) is 4.68. The van der Waals surface area contributed by atoms with Gasteiger partial charge < -0.3 is 15.5 Å². The van der Waals surface area contributed by atoms with Crippen molar-refractivity contribution in [1.82, 2.24) is 5.23 Å². The van der Waals surface area contributed by atoms with Crippen molar-refractivity contribution in [2.75, 3.05) is 0 Å². The molecule has 1 rings (SSSR count). The lowest BCUT2D eigenvalue weighted by atomic mass is 10.0. The highest BCUT2D eigenvalue weighted by molar-refractivity contribution is 5.17. The fourth-order valence-corrected chi connectivity index (χ4v) is 1.65. The van der Waals surface area contributed by atoms with Crippen molar-refractivity contribution >= 4 is 0 Å². The summed E-state index contributed by atoms with van der Waals surface area (Å²) >= 11 is 0. The van der Waals surface area contributed by atoms with Gasteiger partial charge in [0.25, 0.3) is 0 Å². The molecule has 0 saturated heterocycles. The maximum absolute atomic E-state index is 11.1. The Balaban J connectivity index is 2.71. The van der Waals surface area contributed by atoms with Crippen LogP contribution in [-0.4, -0.2) is 27.7 Å². The molecule has 2 N–H and O–H groups in total. The van der Waals surface area contributed by atoms with Gasteiger partial charge in [-0.25, -0.2) is 0 Å². The van der Waals surface area contributed by atoms with Crippen LogP contribution in [0.15, 0.2) is 42.5 Å². The number of hydrogen-bond acceptors (Lipinski definition) is 4. The molecule has 0 aromatic heterocycles. The van der Waals surface area contributed by atoms with E-state index in [0.29, 0.717) is 6.42 Å². The van der Waals surface area contributed by atoms with Gasteiger partial charge in [-0.1, -0.05) is 56.3 Å². The fraction of sp³-hybridized carbons (Fsp3) is 0.429. The summed E-state index contributed by atoms with van der Waals surface area (Å²) < 4.78 is 0.